The molecule has 182 valence electrons. The summed E-state index contributed by atoms with van der Waals surface area (Å²) in [7, 11) is 0. The highest BCUT2D eigenvalue weighted by Gasteiger charge is 2.22. The maximum Gasteiger partial charge on any atom is 0.349 e. The fourth-order valence-electron chi connectivity index (χ4n) is 3.76. The number of rotatable bonds is 9. The second-order valence-electron chi connectivity index (χ2n) is 8.86. The molecule has 0 amide bonds. The molecule has 4 aromatic rings. The van der Waals surface area contributed by atoms with Crippen molar-refractivity contribution in [3.63, 3.8) is 0 Å². The lowest BCUT2D eigenvalue weighted by Gasteiger charge is -2.26. The molecule has 0 saturated heterocycles. The van der Waals surface area contributed by atoms with E-state index in [-0.39, 0.29) is 18.6 Å². The molecule has 0 spiro atoms. The average molecular weight is 481 g/mol. The van der Waals surface area contributed by atoms with Crippen LogP contribution in [0.2, 0.25) is 0 Å². The van der Waals surface area contributed by atoms with Crippen molar-refractivity contribution in [2.45, 2.75) is 25.9 Å². The van der Waals surface area contributed by atoms with E-state index in [1.807, 2.05) is 72.8 Å². The van der Waals surface area contributed by atoms with Crippen molar-refractivity contribution in [1.29, 1.82) is 0 Å². The van der Waals surface area contributed by atoms with Gasteiger partial charge in [-0.15, -0.1) is 0 Å². The van der Waals surface area contributed by atoms with Crippen LogP contribution in [0.25, 0.3) is 0 Å². The van der Waals surface area contributed by atoms with Gasteiger partial charge in [-0.05, 0) is 53.1 Å². The molecule has 0 unspecified atom stereocenters. The molecule has 0 aliphatic carbocycles. The van der Waals surface area contributed by atoms with Gasteiger partial charge in [0, 0.05) is 5.41 Å². The second-order valence-corrected chi connectivity index (χ2v) is 8.86. The van der Waals surface area contributed by atoms with E-state index in [2.05, 4.69) is 26.0 Å². The second kappa shape index (κ2) is 11.4. The Bertz CT molecular complexity index is 1280. The zero-order valence-corrected chi connectivity index (χ0v) is 20.3. The topological polar surface area (TPSA) is 61.8 Å². The first-order chi connectivity index (χ1) is 17.4. The minimum Gasteiger partial charge on any atom is -0.482 e. The Morgan fingerprint density at radius 3 is 1.86 bits per heavy atom. The van der Waals surface area contributed by atoms with Crippen LogP contribution in [0.3, 0.4) is 0 Å². The largest absolute Gasteiger partial charge is 0.482 e. The zero-order chi connectivity index (χ0) is 25.4. The molecule has 0 aromatic heterocycles. The summed E-state index contributed by atoms with van der Waals surface area (Å²) in [5.74, 6) is -0.0821. The Kier molecular flexibility index (Phi) is 7.81. The van der Waals surface area contributed by atoms with Crippen molar-refractivity contribution in [2.24, 2.45) is 0 Å². The molecular formula is C31H28O5. The molecule has 0 heterocycles. The third-order valence-electron chi connectivity index (χ3n) is 5.96. The first-order valence-electron chi connectivity index (χ1n) is 11.7. The van der Waals surface area contributed by atoms with E-state index in [9.17, 15) is 9.59 Å². The molecule has 0 N–H and O–H groups in total. The van der Waals surface area contributed by atoms with E-state index in [0.717, 1.165) is 11.1 Å². The van der Waals surface area contributed by atoms with Crippen LogP contribution < -0.4 is 9.47 Å². The number of hydrogen-bond acceptors (Lipinski definition) is 5. The first-order valence-corrected chi connectivity index (χ1v) is 11.7. The standard InChI is InChI=1S/C31H28O5/c1-31(2,25-11-7-4-8-12-25)26-15-19-27(20-16-26)34-22-29(32)36-28-17-13-24(14-18-28)30(33)35-21-23-9-5-3-6-10-23/h3-20H,21-22H2,1-2H3. The number of carbonyl (C=O) groups excluding carboxylic acids is 2. The minimum atomic E-state index is -0.539. The number of carbonyl (C=O) groups is 2. The molecule has 0 bridgehead atoms. The number of esters is 2. The fraction of sp³-hybridized carbons (Fsp3) is 0.161. The van der Waals surface area contributed by atoms with E-state index in [0.29, 0.717) is 17.1 Å². The number of benzene rings is 4. The minimum absolute atomic E-state index is 0.154. The molecule has 5 heteroatoms. The molecule has 5 nitrogen and oxygen atoms in total. The van der Waals surface area contributed by atoms with Crippen LogP contribution in [0.4, 0.5) is 0 Å². The van der Waals surface area contributed by atoms with Crippen LogP contribution in [-0.4, -0.2) is 18.5 Å². The summed E-state index contributed by atoms with van der Waals surface area (Å²) in [5, 5.41) is 0. The van der Waals surface area contributed by atoms with Gasteiger partial charge in [0.05, 0.1) is 5.56 Å². The Morgan fingerprint density at radius 2 is 1.22 bits per heavy atom. The highest BCUT2D eigenvalue weighted by Crippen LogP contribution is 2.32. The van der Waals surface area contributed by atoms with E-state index in [1.165, 1.54) is 5.56 Å². The molecule has 0 aliphatic rings. The van der Waals surface area contributed by atoms with Crippen LogP contribution in [0, 0.1) is 0 Å². The van der Waals surface area contributed by atoms with Crippen LogP contribution in [0.1, 0.15) is 40.9 Å². The van der Waals surface area contributed by atoms with Gasteiger partial charge < -0.3 is 14.2 Å². The van der Waals surface area contributed by atoms with Gasteiger partial charge in [0.15, 0.2) is 6.61 Å². The molecule has 0 radical (unpaired) electrons. The van der Waals surface area contributed by atoms with Gasteiger partial charge in [-0.3, -0.25) is 0 Å². The summed E-state index contributed by atoms with van der Waals surface area (Å²) in [6.07, 6.45) is 0. The quantitative estimate of drug-likeness (QED) is 0.206. The number of hydrogen-bond donors (Lipinski definition) is 0. The van der Waals surface area contributed by atoms with E-state index in [4.69, 9.17) is 14.2 Å². The predicted octanol–water partition coefficient (Wildman–Crippen LogP) is 6.35. The summed E-state index contributed by atoms with van der Waals surface area (Å²) in [6.45, 7) is 4.30. The maximum absolute atomic E-state index is 12.2. The fourth-order valence-corrected chi connectivity index (χ4v) is 3.76. The third kappa shape index (κ3) is 6.39. The van der Waals surface area contributed by atoms with Crippen molar-refractivity contribution in [1.82, 2.24) is 0 Å². The van der Waals surface area contributed by atoms with Gasteiger partial charge >= 0.3 is 11.9 Å². The first kappa shape index (κ1) is 24.7. The third-order valence-corrected chi connectivity index (χ3v) is 5.96. The van der Waals surface area contributed by atoms with Crippen molar-refractivity contribution in [3.8, 4) is 11.5 Å². The van der Waals surface area contributed by atoms with Crippen LogP contribution in [0.15, 0.2) is 109 Å². The monoisotopic (exact) mass is 480 g/mol. The van der Waals surface area contributed by atoms with Gasteiger partial charge in [-0.25, -0.2) is 9.59 Å². The molecule has 0 saturated carbocycles. The Balaban J connectivity index is 1.26. The molecule has 0 atom stereocenters. The van der Waals surface area contributed by atoms with Crippen molar-refractivity contribution < 1.29 is 23.8 Å². The summed E-state index contributed by atoms with van der Waals surface area (Å²) in [4.78, 5) is 24.5. The molecule has 0 aliphatic heterocycles. The van der Waals surface area contributed by atoms with E-state index >= 15 is 0 Å². The smallest absolute Gasteiger partial charge is 0.349 e. The van der Waals surface area contributed by atoms with Crippen molar-refractivity contribution >= 4 is 11.9 Å². The van der Waals surface area contributed by atoms with Gasteiger partial charge in [0.1, 0.15) is 18.1 Å². The SMILES string of the molecule is CC(C)(c1ccccc1)c1ccc(OCC(=O)Oc2ccc(C(=O)OCc3ccccc3)cc2)cc1. The van der Waals surface area contributed by atoms with Crippen LogP contribution >= 0.6 is 0 Å². The summed E-state index contributed by atoms with van der Waals surface area (Å²) < 4.78 is 16.2. The van der Waals surface area contributed by atoms with Crippen molar-refractivity contribution in [2.75, 3.05) is 6.61 Å². The zero-order valence-electron chi connectivity index (χ0n) is 20.3. The predicted molar refractivity (Wildman–Crippen MR) is 138 cm³/mol. The lowest BCUT2D eigenvalue weighted by Crippen LogP contribution is -2.19. The Labute approximate surface area is 211 Å². The highest BCUT2D eigenvalue weighted by atomic mass is 16.6. The Morgan fingerprint density at radius 1 is 0.667 bits per heavy atom. The summed E-state index contributed by atoms with van der Waals surface area (Å²) >= 11 is 0. The molecule has 4 aromatic carbocycles. The summed E-state index contributed by atoms with van der Waals surface area (Å²) in [5.41, 5.74) is 3.49. The van der Waals surface area contributed by atoms with Gasteiger partial charge in [0.2, 0.25) is 0 Å². The normalized spacial score (nSPS) is 10.9. The molecule has 4 rings (SSSR count). The van der Waals surface area contributed by atoms with Gasteiger partial charge in [-0.1, -0.05) is 86.6 Å². The molecular weight excluding hydrogens is 452 g/mol. The van der Waals surface area contributed by atoms with E-state index in [1.54, 1.807) is 24.3 Å². The van der Waals surface area contributed by atoms with Crippen LogP contribution in [0.5, 0.6) is 11.5 Å². The van der Waals surface area contributed by atoms with E-state index < -0.39 is 11.9 Å². The van der Waals surface area contributed by atoms with Gasteiger partial charge in [-0.2, -0.15) is 0 Å². The maximum atomic E-state index is 12.2. The van der Waals surface area contributed by atoms with Crippen molar-refractivity contribution in [3.05, 3.63) is 131 Å². The Hall–Kier alpha value is -4.38. The van der Waals surface area contributed by atoms with Gasteiger partial charge in [0.25, 0.3) is 0 Å². The number of ether oxygens (including phenoxy) is 3. The summed E-state index contributed by atoms with van der Waals surface area (Å²) in [6, 6.07) is 33.7. The molecule has 36 heavy (non-hydrogen) atoms. The lowest BCUT2D eigenvalue weighted by molar-refractivity contribution is -0.136. The lowest BCUT2D eigenvalue weighted by atomic mass is 9.78. The highest BCUT2D eigenvalue weighted by molar-refractivity contribution is 5.89. The molecule has 0 fully saturated rings. The average Bonchev–Trinajstić information content (AvgIpc) is 2.92. The van der Waals surface area contributed by atoms with Crippen LogP contribution in [-0.2, 0) is 21.6 Å².